The van der Waals surface area contributed by atoms with Gasteiger partial charge in [-0.3, -0.25) is 4.79 Å². The molecule has 1 amide bonds. The van der Waals surface area contributed by atoms with Crippen LogP contribution < -0.4 is 5.32 Å². The molecule has 0 saturated heterocycles. The molecule has 0 heterocycles. The fourth-order valence-corrected chi connectivity index (χ4v) is 3.66. The van der Waals surface area contributed by atoms with E-state index in [1.807, 2.05) is 6.92 Å². The molecule has 0 aliphatic carbocycles. The Labute approximate surface area is 170 Å². The average Bonchev–Trinajstić information content (AvgIpc) is 2.60. The van der Waals surface area contributed by atoms with E-state index in [0.29, 0.717) is 28.5 Å². The standard InChI is InChI=1S/C20H19ClF3NO2S/c1-10(6-11(2)26)12(3)28-18-7-13(4-5-15(18)21)20(27)25-14-8-16(22)19(24)17(23)9-14/h4-5,7-9,11-12,26H,1,6H2,2-3H3,(H,25,27). The predicted octanol–water partition coefficient (Wildman–Crippen LogP) is 5.82. The Morgan fingerprint density at radius 1 is 1.21 bits per heavy atom. The Balaban J connectivity index is 2.17. The van der Waals surface area contributed by atoms with E-state index in [2.05, 4.69) is 11.9 Å². The van der Waals surface area contributed by atoms with Crippen molar-refractivity contribution < 1.29 is 23.1 Å². The van der Waals surface area contributed by atoms with Crippen molar-refractivity contribution in [2.45, 2.75) is 36.5 Å². The summed E-state index contributed by atoms with van der Waals surface area (Å²) < 4.78 is 39.6. The van der Waals surface area contributed by atoms with E-state index >= 15 is 0 Å². The Morgan fingerprint density at radius 2 is 1.82 bits per heavy atom. The number of nitrogens with one attached hydrogen (secondary N) is 1. The van der Waals surface area contributed by atoms with Gasteiger partial charge in [-0.15, -0.1) is 11.8 Å². The lowest BCUT2D eigenvalue weighted by atomic mass is 10.1. The van der Waals surface area contributed by atoms with Gasteiger partial charge >= 0.3 is 0 Å². The average molecular weight is 430 g/mol. The van der Waals surface area contributed by atoms with Crippen molar-refractivity contribution in [2.24, 2.45) is 0 Å². The maximum atomic E-state index is 13.3. The Hall–Kier alpha value is -1.96. The third-order valence-corrected chi connectivity index (χ3v) is 5.59. The summed E-state index contributed by atoms with van der Waals surface area (Å²) in [5.41, 5.74) is 0.831. The first-order chi connectivity index (χ1) is 13.1. The largest absolute Gasteiger partial charge is 0.393 e. The first-order valence-corrected chi connectivity index (χ1v) is 9.62. The van der Waals surface area contributed by atoms with Gasteiger partial charge in [-0.25, -0.2) is 13.2 Å². The Morgan fingerprint density at radius 3 is 2.39 bits per heavy atom. The van der Waals surface area contributed by atoms with Gasteiger partial charge in [0.05, 0.1) is 11.1 Å². The highest BCUT2D eigenvalue weighted by molar-refractivity contribution is 8.00. The van der Waals surface area contributed by atoms with Crippen LogP contribution in [-0.2, 0) is 0 Å². The number of carbonyl (C=O) groups excluding carboxylic acids is 1. The molecule has 0 aromatic heterocycles. The van der Waals surface area contributed by atoms with Crippen molar-refractivity contribution in [1.82, 2.24) is 0 Å². The third-order valence-electron chi connectivity index (χ3n) is 3.87. The fourth-order valence-electron chi connectivity index (χ4n) is 2.39. The second kappa shape index (κ2) is 9.49. The van der Waals surface area contributed by atoms with Crippen molar-refractivity contribution >= 4 is 35.0 Å². The van der Waals surface area contributed by atoms with E-state index in [4.69, 9.17) is 11.6 Å². The zero-order valence-electron chi connectivity index (χ0n) is 15.2. The van der Waals surface area contributed by atoms with Crippen LogP contribution >= 0.6 is 23.4 Å². The number of rotatable bonds is 7. The molecular formula is C20H19ClF3NO2S. The number of hydrogen-bond donors (Lipinski definition) is 2. The maximum absolute atomic E-state index is 13.3. The van der Waals surface area contributed by atoms with Crippen LogP contribution in [0, 0.1) is 17.5 Å². The van der Waals surface area contributed by atoms with Gasteiger partial charge in [0.25, 0.3) is 5.91 Å². The molecule has 0 aliphatic rings. The molecule has 2 aromatic rings. The molecular weight excluding hydrogens is 411 g/mol. The minimum atomic E-state index is -1.60. The van der Waals surface area contributed by atoms with Gasteiger partial charge in [-0.1, -0.05) is 23.8 Å². The van der Waals surface area contributed by atoms with Crippen LogP contribution in [0.25, 0.3) is 0 Å². The lowest BCUT2D eigenvalue weighted by Gasteiger charge is -2.17. The summed E-state index contributed by atoms with van der Waals surface area (Å²) in [6.07, 6.45) is -0.0761. The van der Waals surface area contributed by atoms with Gasteiger partial charge in [0, 0.05) is 33.5 Å². The van der Waals surface area contributed by atoms with E-state index in [9.17, 15) is 23.1 Å². The molecule has 2 N–H and O–H groups in total. The van der Waals surface area contributed by atoms with E-state index in [1.165, 1.54) is 23.9 Å². The zero-order chi connectivity index (χ0) is 21.0. The van der Waals surface area contributed by atoms with Gasteiger partial charge in [0.15, 0.2) is 17.5 Å². The normalized spacial score (nSPS) is 13.1. The van der Waals surface area contributed by atoms with Gasteiger partial charge < -0.3 is 10.4 Å². The minimum Gasteiger partial charge on any atom is -0.393 e. The SMILES string of the molecule is C=C(CC(C)O)C(C)Sc1cc(C(=O)Nc2cc(F)c(F)c(F)c2)ccc1Cl. The molecule has 2 aromatic carbocycles. The van der Waals surface area contributed by atoms with Crippen LogP contribution in [0.3, 0.4) is 0 Å². The highest BCUT2D eigenvalue weighted by atomic mass is 35.5. The molecule has 0 aliphatic heterocycles. The highest BCUT2D eigenvalue weighted by Crippen LogP contribution is 2.34. The Kier molecular flexibility index (Phi) is 7.57. The van der Waals surface area contributed by atoms with Crippen molar-refractivity contribution in [3.63, 3.8) is 0 Å². The molecule has 3 nitrogen and oxygen atoms in total. The number of halogens is 4. The lowest BCUT2D eigenvalue weighted by Crippen LogP contribution is -2.13. The number of benzene rings is 2. The van der Waals surface area contributed by atoms with Gasteiger partial charge in [0.1, 0.15) is 0 Å². The first kappa shape index (κ1) is 22.3. The van der Waals surface area contributed by atoms with Crippen LogP contribution in [0.4, 0.5) is 18.9 Å². The number of hydrogen-bond acceptors (Lipinski definition) is 3. The van der Waals surface area contributed by atoms with Gasteiger partial charge in [-0.2, -0.15) is 0 Å². The van der Waals surface area contributed by atoms with Crippen LogP contribution in [0.1, 0.15) is 30.6 Å². The van der Waals surface area contributed by atoms with Crippen LogP contribution in [0.2, 0.25) is 5.02 Å². The molecule has 150 valence electrons. The number of amides is 1. The van der Waals surface area contributed by atoms with Crippen molar-refractivity contribution in [2.75, 3.05) is 5.32 Å². The van der Waals surface area contributed by atoms with Crippen molar-refractivity contribution in [3.8, 4) is 0 Å². The fraction of sp³-hybridized carbons (Fsp3) is 0.250. The molecule has 0 fully saturated rings. The molecule has 28 heavy (non-hydrogen) atoms. The van der Waals surface area contributed by atoms with E-state index in [0.717, 1.165) is 5.57 Å². The summed E-state index contributed by atoms with van der Waals surface area (Å²) in [6, 6.07) is 5.95. The van der Waals surface area contributed by atoms with E-state index in [-0.39, 0.29) is 16.5 Å². The number of thioether (sulfide) groups is 1. The molecule has 2 atom stereocenters. The molecule has 0 spiro atoms. The summed E-state index contributed by atoms with van der Waals surface area (Å²) in [6.45, 7) is 7.53. The molecule has 0 bridgehead atoms. The monoisotopic (exact) mass is 429 g/mol. The smallest absolute Gasteiger partial charge is 0.255 e. The predicted molar refractivity (Wildman–Crippen MR) is 106 cm³/mol. The molecule has 8 heteroatoms. The van der Waals surface area contributed by atoms with Crippen LogP contribution in [0.5, 0.6) is 0 Å². The van der Waals surface area contributed by atoms with Crippen molar-refractivity contribution in [1.29, 1.82) is 0 Å². The summed E-state index contributed by atoms with van der Waals surface area (Å²) in [4.78, 5) is 13.0. The second-order valence-electron chi connectivity index (χ2n) is 6.32. The van der Waals surface area contributed by atoms with E-state index < -0.39 is 29.5 Å². The number of anilines is 1. The van der Waals surface area contributed by atoms with Gasteiger partial charge in [-0.05, 0) is 38.5 Å². The summed E-state index contributed by atoms with van der Waals surface area (Å²) >= 11 is 7.57. The summed E-state index contributed by atoms with van der Waals surface area (Å²) in [5, 5.41) is 12.2. The second-order valence-corrected chi connectivity index (χ2v) is 8.11. The van der Waals surface area contributed by atoms with Crippen LogP contribution in [0.15, 0.2) is 47.4 Å². The molecule has 0 saturated carbocycles. The molecule has 2 unspecified atom stereocenters. The quantitative estimate of drug-likeness (QED) is 0.331. The van der Waals surface area contributed by atoms with Crippen molar-refractivity contribution in [3.05, 3.63) is 70.5 Å². The summed E-state index contributed by atoms with van der Waals surface area (Å²) in [7, 11) is 0. The topological polar surface area (TPSA) is 49.3 Å². The van der Waals surface area contributed by atoms with E-state index in [1.54, 1.807) is 13.0 Å². The molecule has 2 rings (SSSR count). The number of carbonyl (C=O) groups is 1. The number of aliphatic hydroxyl groups excluding tert-OH is 1. The molecule has 0 radical (unpaired) electrons. The first-order valence-electron chi connectivity index (χ1n) is 8.36. The third kappa shape index (κ3) is 5.77. The maximum Gasteiger partial charge on any atom is 0.255 e. The Bertz CT molecular complexity index is 882. The minimum absolute atomic E-state index is 0.0642. The zero-order valence-corrected chi connectivity index (χ0v) is 16.8. The van der Waals surface area contributed by atoms with Gasteiger partial charge in [0.2, 0.25) is 0 Å². The lowest BCUT2D eigenvalue weighted by molar-refractivity contribution is 0.102. The number of aliphatic hydroxyl groups is 1. The summed E-state index contributed by atoms with van der Waals surface area (Å²) in [5.74, 6) is -5.02. The van der Waals surface area contributed by atoms with Crippen LogP contribution in [-0.4, -0.2) is 22.4 Å². The highest BCUT2D eigenvalue weighted by Gasteiger charge is 2.16.